The van der Waals surface area contributed by atoms with Crippen LogP contribution in [-0.4, -0.2) is 52.9 Å². The topological polar surface area (TPSA) is 93.4 Å². The minimum Gasteiger partial charge on any atom is -0.376 e. The predicted octanol–water partition coefficient (Wildman–Crippen LogP) is 1.19. The number of anilines is 1. The fourth-order valence-electron chi connectivity index (χ4n) is 3.71. The number of hydrogen-bond acceptors (Lipinski definition) is 7. The molecule has 0 saturated carbocycles. The summed E-state index contributed by atoms with van der Waals surface area (Å²) in [6.45, 7) is 3.92. The third kappa shape index (κ3) is 3.21. The molecule has 2 saturated heterocycles. The van der Waals surface area contributed by atoms with Crippen molar-refractivity contribution in [2.75, 3.05) is 24.6 Å². The maximum absolute atomic E-state index is 12.6. The molecule has 3 atom stereocenters. The van der Waals surface area contributed by atoms with Gasteiger partial charge in [-0.05, 0) is 25.8 Å². The van der Waals surface area contributed by atoms with Crippen LogP contribution in [0, 0.1) is 12.8 Å². The number of nitrogens with one attached hydrogen (secondary N) is 1. The van der Waals surface area contributed by atoms with Crippen LogP contribution in [0.2, 0.25) is 0 Å². The number of carbonyl (C=O) groups is 1. The van der Waals surface area contributed by atoms with Crippen LogP contribution >= 0.6 is 0 Å². The van der Waals surface area contributed by atoms with Gasteiger partial charge in [-0.25, -0.2) is 9.97 Å². The highest BCUT2D eigenvalue weighted by molar-refractivity contribution is 5.95. The Labute approximate surface area is 145 Å². The van der Waals surface area contributed by atoms with Crippen molar-refractivity contribution < 1.29 is 14.1 Å². The molecule has 8 nitrogen and oxygen atoms in total. The van der Waals surface area contributed by atoms with E-state index < -0.39 is 0 Å². The summed E-state index contributed by atoms with van der Waals surface area (Å²) >= 11 is 0. The van der Waals surface area contributed by atoms with E-state index in [1.165, 1.54) is 6.20 Å². The summed E-state index contributed by atoms with van der Waals surface area (Å²) in [5, 5.41) is 6.78. The van der Waals surface area contributed by atoms with Crippen molar-refractivity contribution >= 4 is 11.9 Å². The Morgan fingerprint density at radius 1 is 1.32 bits per heavy atom. The molecule has 1 N–H and O–H groups in total. The van der Waals surface area contributed by atoms with E-state index in [-0.39, 0.29) is 18.1 Å². The first kappa shape index (κ1) is 16.0. The zero-order chi connectivity index (χ0) is 17.2. The number of fused-ring (bicyclic) bond motifs is 1. The van der Waals surface area contributed by atoms with E-state index in [0.29, 0.717) is 29.7 Å². The quantitative estimate of drug-likeness (QED) is 0.894. The molecule has 2 aliphatic rings. The summed E-state index contributed by atoms with van der Waals surface area (Å²) in [4.78, 5) is 23.4. The van der Waals surface area contributed by atoms with Gasteiger partial charge in [-0.1, -0.05) is 5.16 Å². The highest BCUT2D eigenvalue weighted by atomic mass is 16.5. The van der Waals surface area contributed by atoms with E-state index >= 15 is 0 Å². The standard InChI is InChI=1S/C17H21N5O3/c1-11-13(8-20-25-11)16(23)21-14-10-22(17-18-5-3-6-19-17)9-12-4-2-7-24-15(12)14/h3,5-6,8,12,14-15H,2,4,7,9-10H2,1H3,(H,21,23)/t12-,14+,15-/m0/s1. The highest BCUT2D eigenvalue weighted by Gasteiger charge is 2.41. The number of nitrogens with zero attached hydrogens (tertiary/aromatic N) is 4. The molecule has 2 aliphatic heterocycles. The van der Waals surface area contributed by atoms with Crippen molar-refractivity contribution in [3.05, 3.63) is 36.0 Å². The first-order valence-electron chi connectivity index (χ1n) is 8.58. The molecule has 0 spiro atoms. The normalized spacial score (nSPS) is 26.1. The average molecular weight is 343 g/mol. The molecule has 25 heavy (non-hydrogen) atoms. The maximum atomic E-state index is 12.6. The summed E-state index contributed by atoms with van der Waals surface area (Å²) in [5.74, 6) is 1.36. The average Bonchev–Trinajstić information content (AvgIpc) is 3.08. The van der Waals surface area contributed by atoms with Gasteiger partial charge in [-0.2, -0.15) is 0 Å². The number of aromatic nitrogens is 3. The molecule has 0 unspecified atom stereocenters. The van der Waals surface area contributed by atoms with Crippen molar-refractivity contribution in [3.63, 3.8) is 0 Å². The van der Waals surface area contributed by atoms with E-state index in [2.05, 4.69) is 25.3 Å². The Morgan fingerprint density at radius 2 is 2.16 bits per heavy atom. The third-order valence-corrected chi connectivity index (χ3v) is 4.91. The number of piperidine rings is 1. The second-order valence-corrected chi connectivity index (χ2v) is 6.57. The molecule has 4 rings (SSSR count). The monoisotopic (exact) mass is 343 g/mol. The molecular formula is C17H21N5O3. The van der Waals surface area contributed by atoms with E-state index in [4.69, 9.17) is 9.26 Å². The molecule has 2 fully saturated rings. The largest absolute Gasteiger partial charge is 0.376 e. The Kier molecular flexibility index (Phi) is 4.35. The number of rotatable bonds is 3. The SMILES string of the molecule is Cc1oncc1C(=O)N[C@@H]1CN(c2ncccn2)C[C@@H]2CCCO[C@@H]21. The second kappa shape index (κ2) is 6.79. The molecule has 132 valence electrons. The van der Waals surface area contributed by atoms with Gasteiger partial charge in [0.2, 0.25) is 5.95 Å². The highest BCUT2D eigenvalue weighted by Crippen LogP contribution is 2.30. The van der Waals surface area contributed by atoms with Crippen LogP contribution in [0.15, 0.2) is 29.2 Å². The lowest BCUT2D eigenvalue weighted by Crippen LogP contribution is -2.61. The minimum atomic E-state index is -0.187. The van der Waals surface area contributed by atoms with Crippen LogP contribution in [0.4, 0.5) is 5.95 Å². The van der Waals surface area contributed by atoms with Crippen molar-refractivity contribution in [2.24, 2.45) is 5.92 Å². The van der Waals surface area contributed by atoms with Crippen LogP contribution in [0.3, 0.4) is 0 Å². The van der Waals surface area contributed by atoms with Crippen LogP contribution in [0.25, 0.3) is 0 Å². The minimum absolute atomic E-state index is 0.0119. The van der Waals surface area contributed by atoms with Gasteiger partial charge in [0.15, 0.2) is 0 Å². The Balaban J connectivity index is 1.55. The molecule has 0 aromatic carbocycles. The fourth-order valence-corrected chi connectivity index (χ4v) is 3.71. The molecular weight excluding hydrogens is 322 g/mol. The first-order valence-corrected chi connectivity index (χ1v) is 8.58. The summed E-state index contributed by atoms with van der Waals surface area (Å²) in [5.41, 5.74) is 0.459. The first-order chi connectivity index (χ1) is 12.2. The van der Waals surface area contributed by atoms with Gasteiger partial charge in [0, 0.05) is 38.0 Å². The van der Waals surface area contributed by atoms with E-state index in [1.54, 1.807) is 25.4 Å². The molecule has 0 bridgehead atoms. The van der Waals surface area contributed by atoms with Gasteiger partial charge in [-0.3, -0.25) is 4.79 Å². The van der Waals surface area contributed by atoms with Gasteiger partial charge in [0.25, 0.3) is 5.91 Å². The number of amides is 1. The van der Waals surface area contributed by atoms with Gasteiger partial charge in [0.05, 0.1) is 18.3 Å². The zero-order valence-corrected chi connectivity index (χ0v) is 14.1. The molecule has 8 heteroatoms. The van der Waals surface area contributed by atoms with Gasteiger partial charge < -0.3 is 19.5 Å². The van der Waals surface area contributed by atoms with Crippen molar-refractivity contribution in [1.29, 1.82) is 0 Å². The van der Waals surface area contributed by atoms with Crippen molar-refractivity contribution in [1.82, 2.24) is 20.4 Å². The van der Waals surface area contributed by atoms with E-state index in [9.17, 15) is 4.79 Å². The van der Waals surface area contributed by atoms with Crippen LogP contribution in [0.5, 0.6) is 0 Å². The Hall–Kier alpha value is -2.48. The van der Waals surface area contributed by atoms with Crippen molar-refractivity contribution in [2.45, 2.75) is 31.9 Å². The second-order valence-electron chi connectivity index (χ2n) is 6.57. The molecule has 4 heterocycles. The summed E-state index contributed by atoms with van der Waals surface area (Å²) in [7, 11) is 0. The maximum Gasteiger partial charge on any atom is 0.256 e. The van der Waals surface area contributed by atoms with Gasteiger partial charge in [-0.15, -0.1) is 0 Å². The lowest BCUT2D eigenvalue weighted by molar-refractivity contribution is -0.0523. The third-order valence-electron chi connectivity index (χ3n) is 4.91. The van der Waals surface area contributed by atoms with Gasteiger partial charge in [0.1, 0.15) is 11.3 Å². The zero-order valence-electron chi connectivity index (χ0n) is 14.1. The molecule has 0 radical (unpaired) electrons. The molecule has 1 amide bonds. The number of carbonyl (C=O) groups excluding carboxylic acids is 1. The lowest BCUT2D eigenvalue weighted by Gasteiger charge is -2.45. The number of ether oxygens (including phenoxy) is 1. The van der Waals surface area contributed by atoms with Crippen LogP contribution in [-0.2, 0) is 4.74 Å². The van der Waals surface area contributed by atoms with Crippen molar-refractivity contribution in [3.8, 4) is 0 Å². The number of hydrogen-bond donors (Lipinski definition) is 1. The predicted molar refractivity (Wildman–Crippen MR) is 89.2 cm³/mol. The van der Waals surface area contributed by atoms with E-state index in [0.717, 1.165) is 26.0 Å². The Bertz CT molecular complexity index is 735. The fraction of sp³-hybridized carbons (Fsp3) is 0.529. The molecule has 2 aromatic heterocycles. The Morgan fingerprint density at radius 3 is 2.92 bits per heavy atom. The van der Waals surface area contributed by atoms with E-state index in [1.807, 2.05) is 0 Å². The smallest absolute Gasteiger partial charge is 0.256 e. The molecule has 0 aliphatic carbocycles. The van der Waals surface area contributed by atoms with Gasteiger partial charge >= 0.3 is 0 Å². The molecule has 2 aromatic rings. The number of aryl methyl sites for hydroxylation is 1. The summed E-state index contributed by atoms with van der Waals surface area (Å²) < 4.78 is 11.0. The summed E-state index contributed by atoms with van der Waals surface area (Å²) in [6, 6.07) is 1.66. The lowest BCUT2D eigenvalue weighted by atomic mass is 9.85. The summed E-state index contributed by atoms with van der Waals surface area (Å²) in [6.07, 6.45) is 7.05. The van der Waals surface area contributed by atoms with Crippen LogP contribution in [0.1, 0.15) is 29.0 Å². The van der Waals surface area contributed by atoms with Crippen LogP contribution < -0.4 is 10.2 Å².